The average molecular weight is 382 g/mol. The molecule has 3 unspecified atom stereocenters. The van der Waals surface area contributed by atoms with E-state index in [1.807, 2.05) is 25.1 Å². The number of aromatic nitrogens is 1. The van der Waals surface area contributed by atoms with Gasteiger partial charge in [-0.1, -0.05) is 29.8 Å². The van der Waals surface area contributed by atoms with Gasteiger partial charge in [0.1, 0.15) is 18.6 Å². The van der Waals surface area contributed by atoms with Crippen molar-refractivity contribution in [3.63, 3.8) is 0 Å². The molecule has 1 fully saturated rings. The number of nitrogens with zero attached hydrogens (tertiary/aromatic N) is 1. The first-order valence-electron chi connectivity index (χ1n) is 9.76. The van der Waals surface area contributed by atoms with Crippen LogP contribution in [0, 0.1) is 5.92 Å². The maximum atomic E-state index is 13.4. The molecule has 28 heavy (non-hydrogen) atoms. The smallest absolute Gasteiger partial charge is 0.302 e. The van der Waals surface area contributed by atoms with Crippen LogP contribution in [0.1, 0.15) is 31.5 Å². The van der Waals surface area contributed by atoms with Crippen molar-refractivity contribution >= 4 is 22.7 Å². The lowest BCUT2D eigenvalue weighted by atomic mass is 9.62. The summed E-state index contributed by atoms with van der Waals surface area (Å²) in [7, 11) is 0. The number of H-pyrrole nitrogens is 1. The Kier molecular flexibility index (Phi) is 4.85. The van der Waals surface area contributed by atoms with Gasteiger partial charge in [-0.15, -0.1) is 0 Å². The van der Waals surface area contributed by atoms with E-state index in [-0.39, 0.29) is 18.3 Å². The number of aliphatic hydroxyl groups is 1. The molecular formula is C22H26N2O4. The van der Waals surface area contributed by atoms with Crippen molar-refractivity contribution in [1.82, 2.24) is 9.88 Å². The van der Waals surface area contributed by atoms with Crippen molar-refractivity contribution in [2.75, 3.05) is 26.3 Å². The van der Waals surface area contributed by atoms with Gasteiger partial charge in [0.05, 0.1) is 0 Å². The molecule has 1 aromatic heterocycles. The van der Waals surface area contributed by atoms with Crippen LogP contribution in [0.15, 0.2) is 35.9 Å². The first kappa shape index (κ1) is 18.9. The van der Waals surface area contributed by atoms with Crippen LogP contribution in [0.3, 0.4) is 0 Å². The lowest BCUT2D eigenvalue weighted by Crippen LogP contribution is -2.55. The molecule has 0 radical (unpaired) electrons. The van der Waals surface area contributed by atoms with Gasteiger partial charge in [-0.3, -0.25) is 14.5 Å². The fraction of sp³-hybridized carbons (Fsp3) is 0.455. The summed E-state index contributed by atoms with van der Waals surface area (Å²) in [5, 5.41) is 11.0. The summed E-state index contributed by atoms with van der Waals surface area (Å²) in [4.78, 5) is 30.9. The maximum Gasteiger partial charge on any atom is 0.302 e. The summed E-state index contributed by atoms with van der Waals surface area (Å²) >= 11 is 0. The quantitative estimate of drug-likeness (QED) is 0.626. The third-order valence-corrected chi connectivity index (χ3v) is 6.34. The average Bonchev–Trinajstić information content (AvgIpc) is 3.05. The molecule has 4 heterocycles. The third-order valence-electron chi connectivity index (χ3n) is 6.34. The zero-order valence-corrected chi connectivity index (χ0v) is 16.3. The molecule has 6 heteroatoms. The number of para-hydroxylation sites is 1. The minimum atomic E-state index is -1.11. The number of rotatable bonds is 4. The van der Waals surface area contributed by atoms with E-state index in [1.54, 1.807) is 0 Å². The fourth-order valence-electron chi connectivity index (χ4n) is 5.02. The van der Waals surface area contributed by atoms with Crippen LogP contribution in [0.25, 0.3) is 10.9 Å². The first-order valence-corrected chi connectivity index (χ1v) is 9.76. The monoisotopic (exact) mass is 382 g/mol. The highest BCUT2D eigenvalue weighted by atomic mass is 16.5. The number of carbonyl (C=O) groups excluding carboxylic acids is 2. The number of aliphatic hydroxyl groups excluding tert-OH is 1. The van der Waals surface area contributed by atoms with E-state index in [4.69, 9.17) is 4.74 Å². The van der Waals surface area contributed by atoms with Crippen molar-refractivity contribution in [1.29, 1.82) is 0 Å². The molecule has 3 aliphatic rings. The number of ether oxygens (including phenoxy) is 1. The normalized spacial score (nSPS) is 28.0. The largest absolute Gasteiger partial charge is 0.464 e. The summed E-state index contributed by atoms with van der Waals surface area (Å²) in [6, 6.07) is 7.99. The molecule has 148 valence electrons. The first-order chi connectivity index (χ1) is 13.5. The third kappa shape index (κ3) is 2.79. The number of nitrogens with one attached hydrogen (secondary N) is 1. The SMILES string of the molecule is CC=C1CN2CCC1C(COC(C)=O)(C(=O)CO)c1[nH]c3ccccc3c1C2. The van der Waals surface area contributed by atoms with Crippen LogP contribution in [-0.4, -0.2) is 53.0 Å². The maximum absolute atomic E-state index is 13.4. The van der Waals surface area contributed by atoms with Gasteiger partial charge in [0, 0.05) is 42.5 Å². The molecular weight excluding hydrogens is 356 g/mol. The van der Waals surface area contributed by atoms with Gasteiger partial charge < -0.3 is 14.8 Å². The van der Waals surface area contributed by atoms with Crippen molar-refractivity contribution in [2.24, 2.45) is 5.92 Å². The number of allylic oxidation sites excluding steroid dienone is 1. The lowest BCUT2D eigenvalue weighted by molar-refractivity contribution is -0.147. The van der Waals surface area contributed by atoms with Crippen LogP contribution in [0.5, 0.6) is 0 Å². The van der Waals surface area contributed by atoms with E-state index in [1.165, 1.54) is 6.92 Å². The van der Waals surface area contributed by atoms with Gasteiger partial charge >= 0.3 is 5.97 Å². The van der Waals surface area contributed by atoms with Crippen LogP contribution >= 0.6 is 0 Å². The zero-order chi connectivity index (χ0) is 19.9. The number of esters is 1. The Hall–Kier alpha value is -2.44. The molecule has 6 nitrogen and oxygen atoms in total. The molecule has 2 bridgehead atoms. The summed E-state index contributed by atoms with van der Waals surface area (Å²) in [5.74, 6) is -0.856. The Labute approximate surface area is 164 Å². The number of hydrogen-bond donors (Lipinski definition) is 2. The Morgan fingerprint density at radius 1 is 1.36 bits per heavy atom. The minimum absolute atomic E-state index is 0.0659. The molecule has 1 aromatic carbocycles. The van der Waals surface area contributed by atoms with Gasteiger partial charge in [-0.05, 0) is 31.5 Å². The van der Waals surface area contributed by atoms with Crippen LogP contribution in [0.4, 0.5) is 0 Å². The molecule has 0 amide bonds. The predicted octanol–water partition coefficient (Wildman–Crippen LogP) is 2.31. The van der Waals surface area contributed by atoms with Crippen LogP contribution in [-0.2, 0) is 26.3 Å². The van der Waals surface area contributed by atoms with Crippen molar-refractivity contribution in [3.8, 4) is 0 Å². The van der Waals surface area contributed by atoms with Gasteiger partial charge in [-0.2, -0.15) is 0 Å². The molecule has 3 aliphatic heterocycles. The number of carbonyl (C=O) groups is 2. The van der Waals surface area contributed by atoms with Gasteiger partial charge in [-0.25, -0.2) is 0 Å². The van der Waals surface area contributed by atoms with E-state index < -0.39 is 18.0 Å². The Morgan fingerprint density at radius 2 is 2.14 bits per heavy atom. The van der Waals surface area contributed by atoms with Gasteiger partial charge in [0.2, 0.25) is 0 Å². The Balaban J connectivity index is 2.03. The number of hydrogen-bond acceptors (Lipinski definition) is 5. The van der Waals surface area contributed by atoms with E-state index in [9.17, 15) is 14.7 Å². The molecule has 0 spiro atoms. The van der Waals surface area contributed by atoms with Gasteiger partial charge in [0.25, 0.3) is 0 Å². The summed E-state index contributed by atoms with van der Waals surface area (Å²) < 4.78 is 5.47. The van der Waals surface area contributed by atoms with E-state index in [0.717, 1.165) is 47.2 Å². The zero-order valence-electron chi connectivity index (χ0n) is 16.3. The molecule has 0 saturated carbocycles. The summed E-state index contributed by atoms with van der Waals surface area (Å²) in [6.07, 6.45) is 2.85. The molecule has 5 rings (SSSR count). The lowest BCUT2D eigenvalue weighted by Gasteiger charge is -2.47. The highest BCUT2D eigenvalue weighted by Gasteiger charge is 2.53. The fourth-order valence-corrected chi connectivity index (χ4v) is 5.02. The van der Waals surface area contributed by atoms with Crippen molar-refractivity contribution < 1.29 is 19.4 Å². The second-order valence-electron chi connectivity index (χ2n) is 7.77. The van der Waals surface area contributed by atoms with E-state index in [0.29, 0.717) is 6.54 Å². The number of ketones is 1. The molecule has 2 N–H and O–H groups in total. The van der Waals surface area contributed by atoms with Crippen LogP contribution < -0.4 is 0 Å². The molecule has 1 saturated heterocycles. The van der Waals surface area contributed by atoms with Crippen molar-refractivity contribution in [2.45, 2.75) is 32.2 Å². The van der Waals surface area contributed by atoms with E-state index in [2.05, 4.69) is 22.0 Å². The second-order valence-corrected chi connectivity index (χ2v) is 7.77. The molecule has 3 atom stereocenters. The predicted molar refractivity (Wildman–Crippen MR) is 106 cm³/mol. The number of fused-ring (bicyclic) bond motifs is 3. The van der Waals surface area contributed by atoms with Crippen LogP contribution in [0.2, 0.25) is 0 Å². The summed E-state index contributed by atoms with van der Waals surface area (Å²) in [5.41, 5.74) is 2.84. The number of piperidine rings is 1. The second kappa shape index (κ2) is 7.18. The van der Waals surface area contributed by atoms with E-state index >= 15 is 0 Å². The topological polar surface area (TPSA) is 82.6 Å². The Morgan fingerprint density at radius 3 is 2.86 bits per heavy atom. The van der Waals surface area contributed by atoms with Gasteiger partial charge in [0.15, 0.2) is 5.78 Å². The number of Topliss-reactive ketones (excluding diaryl/α,β-unsaturated/α-hetero) is 1. The summed E-state index contributed by atoms with van der Waals surface area (Å²) in [6.45, 7) is 5.04. The molecule has 0 aliphatic carbocycles. The Bertz CT molecular complexity index is 961. The number of benzene rings is 1. The highest BCUT2D eigenvalue weighted by molar-refractivity contribution is 5.95. The number of aromatic amines is 1. The van der Waals surface area contributed by atoms with Crippen molar-refractivity contribution in [3.05, 3.63) is 47.2 Å². The standard InChI is InChI=1S/C22H26N2O4/c1-3-15-10-24-9-8-18(15)22(20(27)12-25,13-28-14(2)26)21-17(11-24)16-6-4-5-7-19(16)23-21/h3-7,18,23,25H,8-13H2,1-2H3. The minimum Gasteiger partial charge on any atom is -0.464 e. The molecule has 2 aromatic rings. The highest BCUT2D eigenvalue weighted by Crippen LogP contribution is 2.47.